The minimum Gasteiger partial charge on any atom is -0.489 e. The van der Waals surface area contributed by atoms with Crippen LogP contribution in [0.5, 0.6) is 17.2 Å². The highest BCUT2D eigenvalue weighted by Gasteiger charge is 2.43. The third-order valence-corrected chi connectivity index (χ3v) is 16.0. The Morgan fingerprint density at radius 2 is 1.60 bits per heavy atom. The number of anilines is 1. The van der Waals surface area contributed by atoms with Crippen LogP contribution < -0.4 is 24.8 Å². The van der Waals surface area contributed by atoms with Crippen LogP contribution >= 0.6 is 34.5 Å². The summed E-state index contributed by atoms with van der Waals surface area (Å²) in [4.78, 5) is 44.1. The molecule has 1 unspecified atom stereocenters. The molecule has 67 heavy (non-hydrogen) atoms. The second kappa shape index (κ2) is 19.0. The monoisotopic (exact) mass is 977 g/mol. The van der Waals surface area contributed by atoms with E-state index in [1.165, 1.54) is 6.92 Å². The number of ether oxygens (including phenoxy) is 3. The van der Waals surface area contributed by atoms with Crippen molar-refractivity contribution in [2.75, 3.05) is 11.9 Å². The maximum atomic E-state index is 14.8. The van der Waals surface area contributed by atoms with E-state index < -0.39 is 40.1 Å². The molecule has 1 fully saturated rings. The lowest BCUT2D eigenvalue weighted by molar-refractivity contribution is -0.142. The number of hydrogen-bond donors (Lipinski definition) is 3. The quantitative estimate of drug-likeness (QED) is 0.0945. The van der Waals surface area contributed by atoms with Gasteiger partial charge in [0, 0.05) is 18.9 Å². The van der Waals surface area contributed by atoms with Gasteiger partial charge in [-0.2, -0.15) is 9.57 Å². The molecule has 2 aliphatic heterocycles. The Labute approximate surface area is 400 Å². The lowest BCUT2D eigenvalue weighted by atomic mass is 9.94. The maximum absolute atomic E-state index is 14.8. The van der Waals surface area contributed by atoms with Crippen molar-refractivity contribution in [3.63, 3.8) is 0 Å². The number of benzene rings is 5. The summed E-state index contributed by atoms with van der Waals surface area (Å²) < 4.78 is 49.1. The number of fused-ring (bicyclic) bond motifs is 2. The Kier molecular flexibility index (Phi) is 13.0. The number of amides is 2. The number of carboxylic acid groups (broad SMARTS) is 1. The van der Waals surface area contributed by atoms with Crippen molar-refractivity contribution in [2.24, 2.45) is 5.92 Å². The highest BCUT2D eigenvalue weighted by Crippen LogP contribution is 2.43. The number of hydrogen-bond acceptors (Lipinski definition) is 11. The summed E-state index contributed by atoms with van der Waals surface area (Å²) >= 11 is 13.0. The molecular formula is C49H41Cl2N5O9S2. The highest BCUT2D eigenvalue weighted by molar-refractivity contribution is 7.91. The third-order valence-electron chi connectivity index (χ3n) is 11.8. The molecule has 3 heterocycles. The molecule has 1 aromatic heterocycles. The number of aryl methyl sites for hydroxylation is 1. The molecule has 1 aliphatic carbocycles. The van der Waals surface area contributed by atoms with Gasteiger partial charge in [-0.3, -0.25) is 9.59 Å². The summed E-state index contributed by atoms with van der Waals surface area (Å²) in [5, 5.41) is 25.9. The van der Waals surface area contributed by atoms with Crippen molar-refractivity contribution in [1.82, 2.24) is 14.6 Å². The molecule has 0 spiro atoms. The van der Waals surface area contributed by atoms with Gasteiger partial charge in [0.1, 0.15) is 31.0 Å². The summed E-state index contributed by atoms with van der Waals surface area (Å²) in [7, 11) is -4.49. The first-order chi connectivity index (χ1) is 32.2. The molecule has 14 nitrogen and oxygen atoms in total. The van der Waals surface area contributed by atoms with E-state index in [-0.39, 0.29) is 59.5 Å². The number of halogens is 2. The highest BCUT2D eigenvalue weighted by atomic mass is 35.5. The van der Waals surface area contributed by atoms with Crippen molar-refractivity contribution in [1.29, 1.82) is 5.26 Å². The van der Waals surface area contributed by atoms with E-state index in [0.717, 1.165) is 50.7 Å². The van der Waals surface area contributed by atoms with Gasteiger partial charge in [-0.25, -0.2) is 18.2 Å². The zero-order valence-corrected chi connectivity index (χ0v) is 38.8. The SMILES string of the molecule is Cc1nc(NC(=O)C2CC2)sc1S(=O)(=O)N1Cc2cc3c(cc2CC1C(=O)N[C@@H](Cc1ccc(-c2ccc(C#N)cc2)cc1)C(=O)O)OC[C@H](c1ccc(OCc2ccc(Cl)c(Cl)c2)cc1)O3. The van der Waals surface area contributed by atoms with Crippen LogP contribution in [0, 0.1) is 24.2 Å². The zero-order chi connectivity index (χ0) is 47.0. The van der Waals surface area contributed by atoms with E-state index in [9.17, 15) is 27.9 Å². The number of carboxylic acids is 1. The molecule has 342 valence electrons. The summed E-state index contributed by atoms with van der Waals surface area (Å²) in [5.74, 6) is -1.07. The van der Waals surface area contributed by atoms with Crippen LogP contribution in [0.25, 0.3) is 11.1 Å². The Morgan fingerprint density at radius 1 is 0.910 bits per heavy atom. The summed E-state index contributed by atoms with van der Waals surface area (Å²) in [6, 6.07) is 29.7. The van der Waals surface area contributed by atoms with Gasteiger partial charge in [0.2, 0.25) is 11.8 Å². The lowest BCUT2D eigenvalue weighted by Gasteiger charge is -2.36. The first kappa shape index (κ1) is 45.7. The fourth-order valence-corrected chi connectivity index (χ4v) is 11.4. The van der Waals surface area contributed by atoms with Crippen molar-refractivity contribution in [3.8, 4) is 34.4 Å². The van der Waals surface area contributed by atoms with Crippen LogP contribution in [0.2, 0.25) is 10.0 Å². The molecule has 0 saturated heterocycles. The van der Waals surface area contributed by atoms with Gasteiger partial charge in [0.05, 0.1) is 27.4 Å². The summed E-state index contributed by atoms with van der Waals surface area (Å²) in [5.41, 5.74) is 5.86. The molecule has 3 N–H and O–H groups in total. The van der Waals surface area contributed by atoms with Crippen LogP contribution in [-0.2, 0) is 50.4 Å². The zero-order valence-electron chi connectivity index (χ0n) is 35.7. The maximum Gasteiger partial charge on any atom is 0.326 e. The number of nitrogens with one attached hydrogen (secondary N) is 2. The fourth-order valence-electron chi connectivity index (χ4n) is 7.95. The number of thiazole rings is 1. The molecule has 6 aromatic rings. The number of nitrogens with zero attached hydrogens (tertiary/aromatic N) is 3. The minimum atomic E-state index is -4.49. The van der Waals surface area contributed by atoms with Crippen molar-refractivity contribution in [3.05, 3.63) is 152 Å². The Hall–Kier alpha value is -6.48. The van der Waals surface area contributed by atoms with Gasteiger partial charge >= 0.3 is 5.97 Å². The number of nitriles is 1. The molecule has 1 saturated carbocycles. The molecule has 2 amide bonds. The van der Waals surface area contributed by atoms with Gasteiger partial charge < -0.3 is 30.0 Å². The predicted molar refractivity (Wildman–Crippen MR) is 251 cm³/mol. The van der Waals surface area contributed by atoms with Crippen LogP contribution in [0.1, 0.15) is 58.0 Å². The Bertz CT molecular complexity index is 3050. The number of sulfonamides is 1. The number of carbonyl (C=O) groups is 3. The van der Waals surface area contributed by atoms with Crippen molar-refractivity contribution >= 4 is 67.5 Å². The first-order valence-electron chi connectivity index (χ1n) is 21.3. The standard InChI is InChI=1S/C49H41Cl2N5O9S2/c1-27-48(66-49(53-27)55-45(57)34-11-12-34)67(61,62)56-24-36-22-43-42(64-26-44(65-43)33-13-15-37(16-14-33)63-25-30-6-17-38(50)39(51)18-30)21-35(36)20-41(56)46(58)54-40(47(59)60)19-28-2-7-31(8-3-28)32-9-4-29(23-52)5-10-32/h2-10,13-18,21-22,34,40-41,44H,11-12,19-20,24-26H2,1H3,(H,54,58)(H,59,60)(H,53,55,57)/t40-,41?,44+/m0/s1. The lowest BCUT2D eigenvalue weighted by Crippen LogP contribution is -2.55. The molecular weight excluding hydrogens is 938 g/mol. The number of rotatable bonds is 14. The van der Waals surface area contributed by atoms with Crippen LogP contribution in [0.15, 0.2) is 107 Å². The van der Waals surface area contributed by atoms with E-state index in [1.807, 2.05) is 54.6 Å². The fraction of sp³-hybridized carbons (Fsp3) is 0.245. The van der Waals surface area contributed by atoms with Crippen LogP contribution in [0.4, 0.5) is 5.13 Å². The largest absolute Gasteiger partial charge is 0.489 e. The van der Waals surface area contributed by atoms with E-state index >= 15 is 0 Å². The van der Waals surface area contributed by atoms with Gasteiger partial charge in [0.15, 0.2) is 26.9 Å². The molecule has 3 atom stereocenters. The van der Waals surface area contributed by atoms with Crippen molar-refractivity contribution < 1.29 is 42.1 Å². The van der Waals surface area contributed by atoms with Gasteiger partial charge in [0.25, 0.3) is 10.0 Å². The molecule has 5 aromatic carbocycles. The van der Waals surface area contributed by atoms with Gasteiger partial charge in [-0.1, -0.05) is 89.1 Å². The summed E-state index contributed by atoms with van der Waals surface area (Å²) in [6.45, 7) is 1.70. The number of carbonyl (C=O) groups excluding carboxylic acids is 2. The van der Waals surface area contributed by atoms with Crippen molar-refractivity contribution in [2.45, 2.75) is 68.2 Å². The number of aliphatic carboxylic acids is 1. The van der Waals surface area contributed by atoms with Crippen LogP contribution in [0.3, 0.4) is 0 Å². The second-order valence-corrected chi connectivity index (χ2v) is 20.4. The predicted octanol–water partition coefficient (Wildman–Crippen LogP) is 8.66. The molecule has 3 aliphatic rings. The van der Waals surface area contributed by atoms with E-state index in [2.05, 4.69) is 21.7 Å². The van der Waals surface area contributed by atoms with Crippen LogP contribution in [-0.4, -0.2) is 59.3 Å². The smallest absolute Gasteiger partial charge is 0.326 e. The Balaban J connectivity index is 0.953. The Morgan fingerprint density at radius 3 is 2.27 bits per heavy atom. The second-order valence-electron chi connectivity index (χ2n) is 16.5. The van der Waals surface area contributed by atoms with Gasteiger partial charge in [-0.05, 0) is 114 Å². The van der Waals surface area contributed by atoms with E-state index in [4.69, 9.17) is 42.7 Å². The number of aromatic nitrogens is 1. The molecule has 18 heteroatoms. The normalized spacial score (nSPS) is 17.1. The summed E-state index contributed by atoms with van der Waals surface area (Å²) in [6.07, 6.45) is 0.779. The average molecular weight is 979 g/mol. The molecule has 0 radical (unpaired) electrons. The topological polar surface area (TPSA) is 197 Å². The minimum absolute atomic E-state index is 0.0862. The van der Waals surface area contributed by atoms with E-state index in [1.54, 1.807) is 48.5 Å². The van der Waals surface area contributed by atoms with E-state index in [0.29, 0.717) is 49.5 Å². The average Bonchev–Trinajstić information content (AvgIpc) is 4.12. The first-order valence-corrected chi connectivity index (χ1v) is 24.3. The molecule has 0 bridgehead atoms. The third kappa shape index (κ3) is 10.1. The molecule has 9 rings (SSSR count). The van der Waals surface area contributed by atoms with Gasteiger partial charge in [-0.15, -0.1) is 0 Å².